The Morgan fingerprint density at radius 1 is 1.37 bits per heavy atom. The lowest BCUT2D eigenvalue weighted by atomic mass is 9.67. The maximum atomic E-state index is 12.5. The third kappa shape index (κ3) is 2.68. The molecular formula is C13H24N4O2. The standard InChI is InChI=1S/C13H24N4O2/c1-16(9-10-17-7-2-3-8-17)12(18)13(5-4-6-13)11(14)15-19/h19H,2-10H2,1H3,(H2,14,15). The molecule has 0 aromatic rings. The van der Waals surface area contributed by atoms with Gasteiger partial charge in [0.15, 0.2) is 5.84 Å². The van der Waals surface area contributed by atoms with E-state index in [4.69, 9.17) is 10.9 Å². The topological polar surface area (TPSA) is 82.2 Å². The van der Waals surface area contributed by atoms with Crippen LogP contribution < -0.4 is 5.73 Å². The van der Waals surface area contributed by atoms with E-state index in [1.54, 1.807) is 4.90 Å². The van der Waals surface area contributed by atoms with Gasteiger partial charge in [-0.3, -0.25) is 4.79 Å². The molecule has 3 N–H and O–H groups in total. The van der Waals surface area contributed by atoms with Crippen LogP contribution in [0.5, 0.6) is 0 Å². The SMILES string of the molecule is CN(CCN1CCCC1)C(=O)C1(C(N)=NO)CCC1. The summed E-state index contributed by atoms with van der Waals surface area (Å²) in [6.07, 6.45) is 4.85. The number of hydrogen-bond donors (Lipinski definition) is 2. The molecule has 6 heteroatoms. The maximum Gasteiger partial charge on any atom is 0.236 e. The van der Waals surface area contributed by atoms with Crippen LogP contribution in [0.2, 0.25) is 0 Å². The molecule has 1 aliphatic heterocycles. The zero-order valence-electron chi connectivity index (χ0n) is 11.6. The molecule has 1 aliphatic carbocycles. The van der Waals surface area contributed by atoms with Gasteiger partial charge in [0.05, 0.1) is 0 Å². The molecule has 0 aromatic carbocycles. The van der Waals surface area contributed by atoms with Gasteiger partial charge in [-0.2, -0.15) is 0 Å². The fourth-order valence-electron chi connectivity index (χ4n) is 2.97. The van der Waals surface area contributed by atoms with Crippen LogP contribution in [-0.4, -0.2) is 60.0 Å². The van der Waals surface area contributed by atoms with Crippen molar-refractivity contribution in [2.24, 2.45) is 16.3 Å². The summed E-state index contributed by atoms with van der Waals surface area (Å²) >= 11 is 0. The fourth-order valence-corrected chi connectivity index (χ4v) is 2.97. The lowest BCUT2D eigenvalue weighted by molar-refractivity contribution is -0.141. The van der Waals surface area contributed by atoms with Crippen LogP contribution in [-0.2, 0) is 4.79 Å². The van der Waals surface area contributed by atoms with Gasteiger partial charge in [0.2, 0.25) is 5.91 Å². The molecule has 1 amide bonds. The van der Waals surface area contributed by atoms with Crippen molar-refractivity contribution >= 4 is 11.7 Å². The predicted octanol–water partition coefficient (Wildman–Crippen LogP) is 0.457. The van der Waals surface area contributed by atoms with E-state index in [0.29, 0.717) is 19.4 Å². The highest BCUT2D eigenvalue weighted by atomic mass is 16.4. The van der Waals surface area contributed by atoms with Crippen molar-refractivity contribution in [3.8, 4) is 0 Å². The predicted molar refractivity (Wildman–Crippen MR) is 73.0 cm³/mol. The first kappa shape index (κ1) is 14.1. The summed E-state index contributed by atoms with van der Waals surface area (Å²) in [7, 11) is 1.81. The molecule has 1 heterocycles. The van der Waals surface area contributed by atoms with Crippen molar-refractivity contribution in [2.45, 2.75) is 32.1 Å². The van der Waals surface area contributed by atoms with Gasteiger partial charge in [0, 0.05) is 20.1 Å². The van der Waals surface area contributed by atoms with Crippen LogP contribution in [0.25, 0.3) is 0 Å². The molecular weight excluding hydrogens is 244 g/mol. The number of amidine groups is 1. The highest BCUT2D eigenvalue weighted by Gasteiger charge is 2.49. The van der Waals surface area contributed by atoms with Gasteiger partial charge in [-0.05, 0) is 38.8 Å². The number of carbonyl (C=O) groups is 1. The smallest absolute Gasteiger partial charge is 0.236 e. The van der Waals surface area contributed by atoms with E-state index in [1.165, 1.54) is 12.8 Å². The summed E-state index contributed by atoms with van der Waals surface area (Å²) in [4.78, 5) is 16.6. The van der Waals surface area contributed by atoms with E-state index < -0.39 is 5.41 Å². The summed E-state index contributed by atoms with van der Waals surface area (Å²) in [5.41, 5.74) is 4.97. The minimum Gasteiger partial charge on any atom is -0.409 e. The molecule has 0 aromatic heterocycles. The highest BCUT2D eigenvalue weighted by molar-refractivity contribution is 6.07. The van der Waals surface area contributed by atoms with Gasteiger partial charge in [0.25, 0.3) is 0 Å². The lowest BCUT2D eigenvalue weighted by Crippen LogP contribution is -2.55. The summed E-state index contributed by atoms with van der Waals surface area (Å²) in [6.45, 7) is 3.88. The molecule has 6 nitrogen and oxygen atoms in total. The van der Waals surface area contributed by atoms with Crippen molar-refractivity contribution in [3.63, 3.8) is 0 Å². The summed E-state index contributed by atoms with van der Waals surface area (Å²) in [5, 5.41) is 11.9. The first-order chi connectivity index (χ1) is 9.10. The molecule has 0 unspecified atom stereocenters. The summed E-state index contributed by atoms with van der Waals surface area (Å²) < 4.78 is 0. The lowest BCUT2D eigenvalue weighted by Gasteiger charge is -2.41. The first-order valence-corrected chi connectivity index (χ1v) is 7.06. The van der Waals surface area contributed by atoms with Crippen molar-refractivity contribution in [1.29, 1.82) is 0 Å². The number of nitrogens with two attached hydrogens (primary N) is 1. The molecule has 2 rings (SSSR count). The Kier molecular flexibility index (Phi) is 4.29. The molecule has 0 bridgehead atoms. The molecule has 1 saturated heterocycles. The monoisotopic (exact) mass is 268 g/mol. The molecule has 0 spiro atoms. The van der Waals surface area contributed by atoms with E-state index in [2.05, 4.69) is 10.1 Å². The van der Waals surface area contributed by atoms with Gasteiger partial charge in [-0.25, -0.2) is 0 Å². The van der Waals surface area contributed by atoms with Crippen LogP contribution in [0, 0.1) is 5.41 Å². The quantitative estimate of drug-likeness (QED) is 0.328. The second-order valence-electron chi connectivity index (χ2n) is 5.70. The summed E-state index contributed by atoms with van der Waals surface area (Å²) in [6, 6.07) is 0. The normalized spacial score (nSPS) is 23.1. The number of hydrogen-bond acceptors (Lipinski definition) is 4. The molecule has 19 heavy (non-hydrogen) atoms. The van der Waals surface area contributed by atoms with Gasteiger partial charge in [-0.15, -0.1) is 0 Å². The van der Waals surface area contributed by atoms with E-state index in [-0.39, 0.29) is 11.7 Å². The molecule has 108 valence electrons. The zero-order chi connectivity index (χ0) is 13.9. The Labute approximate surface area is 114 Å². The second kappa shape index (κ2) is 5.77. The Balaban J connectivity index is 1.90. The summed E-state index contributed by atoms with van der Waals surface area (Å²) in [5.74, 6) is 0.0602. The van der Waals surface area contributed by atoms with Crippen LogP contribution in [0.15, 0.2) is 5.16 Å². The Hall–Kier alpha value is -1.30. The van der Waals surface area contributed by atoms with Gasteiger partial charge >= 0.3 is 0 Å². The van der Waals surface area contributed by atoms with E-state index >= 15 is 0 Å². The molecule has 2 fully saturated rings. The largest absolute Gasteiger partial charge is 0.409 e. The second-order valence-corrected chi connectivity index (χ2v) is 5.70. The Bertz CT molecular complexity index is 360. The number of oxime groups is 1. The van der Waals surface area contributed by atoms with Crippen molar-refractivity contribution in [3.05, 3.63) is 0 Å². The highest BCUT2D eigenvalue weighted by Crippen LogP contribution is 2.42. The zero-order valence-corrected chi connectivity index (χ0v) is 11.6. The van der Waals surface area contributed by atoms with E-state index in [0.717, 1.165) is 26.1 Å². The van der Waals surface area contributed by atoms with E-state index in [1.807, 2.05) is 7.05 Å². The molecule has 2 aliphatic rings. The molecule has 0 atom stereocenters. The number of rotatable bonds is 5. The minimum atomic E-state index is -0.742. The average Bonchev–Trinajstić information content (AvgIpc) is 2.87. The molecule has 1 saturated carbocycles. The Morgan fingerprint density at radius 2 is 2.00 bits per heavy atom. The number of nitrogens with zero attached hydrogens (tertiary/aromatic N) is 3. The number of likely N-dealkylation sites (tertiary alicyclic amines) is 1. The van der Waals surface area contributed by atoms with E-state index in [9.17, 15) is 4.79 Å². The number of amides is 1. The van der Waals surface area contributed by atoms with Crippen molar-refractivity contribution < 1.29 is 10.0 Å². The molecule has 0 radical (unpaired) electrons. The van der Waals surface area contributed by atoms with Gasteiger partial charge < -0.3 is 20.7 Å². The first-order valence-electron chi connectivity index (χ1n) is 7.06. The number of likely N-dealkylation sites (N-methyl/N-ethyl adjacent to an activating group) is 1. The Morgan fingerprint density at radius 3 is 2.47 bits per heavy atom. The minimum absolute atomic E-state index is 0.00625. The van der Waals surface area contributed by atoms with Gasteiger partial charge in [-0.1, -0.05) is 11.6 Å². The van der Waals surface area contributed by atoms with Crippen LogP contribution in [0.4, 0.5) is 0 Å². The van der Waals surface area contributed by atoms with Crippen molar-refractivity contribution in [1.82, 2.24) is 9.80 Å². The fraction of sp³-hybridized carbons (Fsp3) is 0.846. The average molecular weight is 268 g/mol. The van der Waals surface area contributed by atoms with Crippen molar-refractivity contribution in [2.75, 3.05) is 33.2 Å². The van der Waals surface area contributed by atoms with Crippen LogP contribution >= 0.6 is 0 Å². The van der Waals surface area contributed by atoms with Crippen LogP contribution in [0.3, 0.4) is 0 Å². The maximum absolute atomic E-state index is 12.5. The third-order valence-electron chi connectivity index (χ3n) is 4.51. The van der Waals surface area contributed by atoms with Crippen LogP contribution in [0.1, 0.15) is 32.1 Å². The number of carbonyl (C=O) groups excluding carboxylic acids is 1. The third-order valence-corrected chi connectivity index (χ3v) is 4.51. The van der Waals surface area contributed by atoms with Gasteiger partial charge in [0.1, 0.15) is 5.41 Å².